The first-order chi connectivity index (χ1) is 8.06. The third-order valence-electron chi connectivity index (χ3n) is 3.15. The van der Waals surface area contributed by atoms with Gasteiger partial charge in [-0.2, -0.15) is 0 Å². The van der Waals surface area contributed by atoms with Gasteiger partial charge in [0.15, 0.2) is 0 Å². The molecule has 1 aromatic rings. The van der Waals surface area contributed by atoms with Crippen LogP contribution in [0.15, 0.2) is 16.6 Å². The molecule has 0 aliphatic heterocycles. The quantitative estimate of drug-likeness (QED) is 0.736. The van der Waals surface area contributed by atoms with E-state index in [-0.39, 0.29) is 18.0 Å². The van der Waals surface area contributed by atoms with Gasteiger partial charge in [-0.05, 0) is 47.7 Å². The van der Waals surface area contributed by atoms with Gasteiger partial charge in [-0.3, -0.25) is 0 Å². The van der Waals surface area contributed by atoms with Crippen molar-refractivity contribution >= 4 is 27.3 Å². The first kappa shape index (κ1) is 12.6. The monoisotopic (exact) mass is 302 g/mol. The van der Waals surface area contributed by atoms with Crippen LogP contribution in [0.5, 0.6) is 0 Å². The van der Waals surface area contributed by atoms with Crippen molar-refractivity contribution in [2.75, 3.05) is 11.1 Å². The lowest BCUT2D eigenvalue weighted by molar-refractivity contribution is 0.126. The van der Waals surface area contributed by atoms with Crippen LogP contribution >= 0.6 is 15.9 Å². The van der Waals surface area contributed by atoms with Gasteiger partial charge in [-0.15, -0.1) is 0 Å². The zero-order valence-electron chi connectivity index (χ0n) is 9.42. The Morgan fingerprint density at radius 1 is 1.29 bits per heavy atom. The van der Waals surface area contributed by atoms with Gasteiger partial charge in [-0.25, -0.2) is 4.39 Å². The van der Waals surface area contributed by atoms with E-state index < -0.39 is 0 Å². The minimum Gasteiger partial charge on any atom is -0.397 e. The highest BCUT2D eigenvalue weighted by Gasteiger charge is 2.20. The Balaban J connectivity index is 2.06. The summed E-state index contributed by atoms with van der Waals surface area (Å²) in [5.41, 5.74) is 6.99. The smallest absolute Gasteiger partial charge is 0.139 e. The molecule has 3 nitrogen and oxygen atoms in total. The van der Waals surface area contributed by atoms with Gasteiger partial charge in [0, 0.05) is 12.1 Å². The largest absolute Gasteiger partial charge is 0.397 e. The highest BCUT2D eigenvalue weighted by Crippen LogP contribution is 2.29. The summed E-state index contributed by atoms with van der Waals surface area (Å²) in [4.78, 5) is 0. The second-order valence-electron chi connectivity index (χ2n) is 4.50. The Morgan fingerprint density at radius 2 is 1.94 bits per heavy atom. The molecule has 0 bridgehead atoms. The molecule has 0 aromatic heterocycles. The van der Waals surface area contributed by atoms with E-state index in [1.165, 1.54) is 6.07 Å². The SMILES string of the molecule is Nc1cc(Br)c(F)cc1NC1CCC(O)CC1. The van der Waals surface area contributed by atoms with Gasteiger partial charge in [0.05, 0.1) is 22.0 Å². The van der Waals surface area contributed by atoms with Gasteiger partial charge in [0.25, 0.3) is 0 Å². The minimum absolute atomic E-state index is 0.188. The number of rotatable bonds is 2. The van der Waals surface area contributed by atoms with E-state index in [1.54, 1.807) is 6.07 Å². The summed E-state index contributed by atoms with van der Waals surface area (Å²) in [5.74, 6) is -0.322. The van der Waals surface area contributed by atoms with Crippen molar-refractivity contribution < 1.29 is 9.50 Å². The summed E-state index contributed by atoms with van der Waals surface area (Å²) in [6.07, 6.45) is 3.16. The lowest BCUT2D eigenvalue weighted by Crippen LogP contribution is -2.28. The van der Waals surface area contributed by atoms with E-state index in [0.717, 1.165) is 25.7 Å². The van der Waals surface area contributed by atoms with Crippen molar-refractivity contribution in [2.45, 2.75) is 37.8 Å². The molecule has 2 rings (SSSR count). The first-order valence-corrected chi connectivity index (χ1v) is 6.54. The fourth-order valence-corrected chi connectivity index (χ4v) is 2.49. The summed E-state index contributed by atoms with van der Waals surface area (Å²) >= 11 is 3.10. The Labute approximate surface area is 108 Å². The highest BCUT2D eigenvalue weighted by atomic mass is 79.9. The molecule has 94 valence electrons. The Hall–Kier alpha value is -0.810. The van der Waals surface area contributed by atoms with Crippen LogP contribution in [-0.4, -0.2) is 17.3 Å². The molecule has 0 spiro atoms. The van der Waals surface area contributed by atoms with Gasteiger partial charge in [0.2, 0.25) is 0 Å². The van der Waals surface area contributed by atoms with Crippen LogP contribution in [0.4, 0.5) is 15.8 Å². The standard InChI is InChI=1S/C12H16BrFN2O/c13-9-5-11(15)12(6-10(9)14)16-7-1-3-8(17)4-2-7/h5-8,16-17H,1-4,15H2. The molecule has 0 saturated heterocycles. The van der Waals surface area contributed by atoms with Crippen LogP contribution in [0.25, 0.3) is 0 Å². The molecule has 1 saturated carbocycles. The van der Waals surface area contributed by atoms with Crippen LogP contribution < -0.4 is 11.1 Å². The molecule has 17 heavy (non-hydrogen) atoms. The summed E-state index contributed by atoms with van der Waals surface area (Å²) < 4.78 is 13.8. The number of hydrogen-bond acceptors (Lipinski definition) is 3. The molecule has 1 aliphatic carbocycles. The van der Waals surface area contributed by atoms with E-state index in [9.17, 15) is 9.50 Å². The molecule has 1 aliphatic rings. The number of nitrogen functional groups attached to an aromatic ring is 1. The zero-order valence-corrected chi connectivity index (χ0v) is 11.0. The molecular formula is C12H16BrFN2O. The fraction of sp³-hybridized carbons (Fsp3) is 0.500. The van der Waals surface area contributed by atoms with Crippen LogP contribution in [0.3, 0.4) is 0 Å². The number of nitrogens with two attached hydrogens (primary N) is 1. The van der Waals surface area contributed by atoms with Crippen molar-refractivity contribution in [2.24, 2.45) is 0 Å². The topological polar surface area (TPSA) is 58.3 Å². The second kappa shape index (κ2) is 5.23. The molecular weight excluding hydrogens is 287 g/mol. The van der Waals surface area contributed by atoms with Gasteiger partial charge in [-0.1, -0.05) is 0 Å². The van der Waals surface area contributed by atoms with Crippen molar-refractivity contribution in [1.82, 2.24) is 0 Å². The molecule has 1 fully saturated rings. The summed E-state index contributed by atoms with van der Waals surface area (Å²) in [7, 11) is 0. The van der Waals surface area contributed by atoms with Crippen LogP contribution in [0.1, 0.15) is 25.7 Å². The summed E-state index contributed by atoms with van der Waals surface area (Å²) in [6, 6.07) is 3.24. The number of benzene rings is 1. The number of hydrogen-bond donors (Lipinski definition) is 3. The fourth-order valence-electron chi connectivity index (χ4n) is 2.13. The number of nitrogens with one attached hydrogen (secondary N) is 1. The Bertz CT molecular complexity index is 406. The van der Waals surface area contributed by atoms with Gasteiger partial charge in [0.1, 0.15) is 5.82 Å². The minimum atomic E-state index is -0.322. The van der Waals surface area contributed by atoms with Gasteiger partial charge >= 0.3 is 0 Å². The van der Waals surface area contributed by atoms with Crippen LogP contribution in [-0.2, 0) is 0 Å². The molecule has 4 N–H and O–H groups in total. The summed E-state index contributed by atoms with van der Waals surface area (Å²) in [6.45, 7) is 0. The van der Waals surface area contributed by atoms with Crippen LogP contribution in [0.2, 0.25) is 0 Å². The molecule has 1 aromatic carbocycles. The molecule has 0 atom stereocenters. The van der Waals surface area contributed by atoms with Crippen LogP contribution in [0, 0.1) is 5.82 Å². The number of aliphatic hydroxyl groups excluding tert-OH is 1. The summed E-state index contributed by atoms with van der Waals surface area (Å²) in [5, 5.41) is 12.7. The molecule has 0 unspecified atom stereocenters. The third-order valence-corrected chi connectivity index (χ3v) is 3.76. The predicted molar refractivity (Wildman–Crippen MR) is 70.4 cm³/mol. The average Bonchev–Trinajstić information content (AvgIpc) is 2.29. The highest BCUT2D eigenvalue weighted by molar-refractivity contribution is 9.10. The number of anilines is 2. The maximum absolute atomic E-state index is 13.4. The normalized spacial score (nSPS) is 24.6. The maximum atomic E-state index is 13.4. The first-order valence-electron chi connectivity index (χ1n) is 5.75. The second-order valence-corrected chi connectivity index (χ2v) is 5.36. The Kier molecular flexibility index (Phi) is 3.89. The number of halogens is 2. The van der Waals surface area contributed by atoms with E-state index in [1.807, 2.05) is 0 Å². The van der Waals surface area contributed by atoms with Crippen molar-refractivity contribution in [3.8, 4) is 0 Å². The molecule has 5 heteroatoms. The number of aliphatic hydroxyl groups is 1. The molecule has 0 radical (unpaired) electrons. The van der Waals surface area contributed by atoms with E-state index in [0.29, 0.717) is 15.8 Å². The van der Waals surface area contributed by atoms with Crippen molar-refractivity contribution in [3.05, 3.63) is 22.4 Å². The van der Waals surface area contributed by atoms with Crippen molar-refractivity contribution in [1.29, 1.82) is 0 Å². The molecule has 0 amide bonds. The predicted octanol–water partition coefficient (Wildman–Crippen LogP) is 2.89. The van der Waals surface area contributed by atoms with E-state index in [2.05, 4.69) is 21.2 Å². The lowest BCUT2D eigenvalue weighted by Gasteiger charge is -2.27. The maximum Gasteiger partial charge on any atom is 0.139 e. The molecule has 0 heterocycles. The van der Waals surface area contributed by atoms with Crippen molar-refractivity contribution in [3.63, 3.8) is 0 Å². The Morgan fingerprint density at radius 3 is 2.59 bits per heavy atom. The van der Waals surface area contributed by atoms with Gasteiger partial charge < -0.3 is 16.2 Å². The lowest BCUT2D eigenvalue weighted by atomic mass is 9.93. The van der Waals surface area contributed by atoms with E-state index >= 15 is 0 Å². The van der Waals surface area contributed by atoms with E-state index in [4.69, 9.17) is 5.73 Å². The zero-order chi connectivity index (χ0) is 12.4. The third kappa shape index (κ3) is 3.10. The average molecular weight is 303 g/mol.